The molecule has 4 rings (SSSR count). The summed E-state index contributed by atoms with van der Waals surface area (Å²) in [4.78, 5) is 30.6. The van der Waals surface area contributed by atoms with Crippen molar-refractivity contribution in [2.45, 2.75) is 45.1 Å². The quantitative estimate of drug-likeness (QED) is 0.809. The number of carbonyl (C=O) groups is 2. The highest BCUT2D eigenvalue weighted by molar-refractivity contribution is 6.21. The number of fused-ring (bicyclic) bond motifs is 2. The Bertz CT molecular complexity index is 738. The summed E-state index contributed by atoms with van der Waals surface area (Å²) in [6.07, 6.45) is 5.94. The molecule has 0 unspecified atom stereocenters. The molecule has 3 heterocycles. The van der Waals surface area contributed by atoms with Gasteiger partial charge in [-0.25, -0.2) is 9.67 Å². The number of imide groups is 1. The maximum Gasteiger partial charge on any atom is 0.261 e. The van der Waals surface area contributed by atoms with Gasteiger partial charge in [-0.1, -0.05) is 18.6 Å². The van der Waals surface area contributed by atoms with E-state index in [9.17, 15) is 9.59 Å². The van der Waals surface area contributed by atoms with Crippen molar-refractivity contribution in [2.24, 2.45) is 0 Å². The van der Waals surface area contributed by atoms with Gasteiger partial charge in [0.15, 0.2) is 5.82 Å². The van der Waals surface area contributed by atoms with Crippen molar-refractivity contribution in [3.63, 3.8) is 0 Å². The largest absolute Gasteiger partial charge is 0.274 e. The number of aromatic nitrogens is 3. The van der Waals surface area contributed by atoms with Gasteiger partial charge < -0.3 is 0 Å². The summed E-state index contributed by atoms with van der Waals surface area (Å²) in [6, 6.07) is 7.00. The maximum atomic E-state index is 12.3. The van der Waals surface area contributed by atoms with E-state index in [1.54, 1.807) is 24.3 Å². The van der Waals surface area contributed by atoms with Gasteiger partial charge in [-0.05, 0) is 31.4 Å². The third-order valence-electron chi connectivity index (χ3n) is 4.72. The standard InChI is InChI=1S/C18H20N4O2/c23-17-13-7-3-4-8-14(13)18(24)21(17)11-6-9-15-19-16-10-2-1-5-12-22(16)20-15/h3-4,7-8H,1-2,5-6,9-12H2. The van der Waals surface area contributed by atoms with Crippen LogP contribution in [0.4, 0.5) is 0 Å². The Morgan fingerprint density at radius 3 is 2.50 bits per heavy atom. The molecule has 0 N–H and O–H groups in total. The van der Waals surface area contributed by atoms with E-state index < -0.39 is 0 Å². The highest BCUT2D eigenvalue weighted by Crippen LogP contribution is 2.22. The number of hydrogen-bond acceptors (Lipinski definition) is 4. The molecule has 6 heteroatoms. The first-order valence-corrected chi connectivity index (χ1v) is 8.62. The number of nitrogens with zero attached hydrogens (tertiary/aromatic N) is 4. The molecule has 2 aliphatic rings. The molecule has 0 spiro atoms. The lowest BCUT2D eigenvalue weighted by atomic mass is 10.1. The van der Waals surface area contributed by atoms with Crippen molar-refractivity contribution in [1.82, 2.24) is 19.7 Å². The Morgan fingerprint density at radius 2 is 1.75 bits per heavy atom. The Hall–Kier alpha value is -2.50. The van der Waals surface area contributed by atoms with Crippen LogP contribution in [0.25, 0.3) is 0 Å². The Kier molecular flexibility index (Phi) is 3.88. The molecule has 24 heavy (non-hydrogen) atoms. The second kappa shape index (κ2) is 6.19. The van der Waals surface area contributed by atoms with E-state index in [0.29, 0.717) is 30.5 Å². The van der Waals surface area contributed by atoms with Crippen molar-refractivity contribution in [3.8, 4) is 0 Å². The number of aryl methyl sites for hydroxylation is 3. The minimum Gasteiger partial charge on any atom is -0.274 e. The molecule has 6 nitrogen and oxygen atoms in total. The summed E-state index contributed by atoms with van der Waals surface area (Å²) < 4.78 is 2.02. The van der Waals surface area contributed by atoms with E-state index in [1.807, 2.05) is 4.68 Å². The predicted molar refractivity (Wildman–Crippen MR) is 87.7 cm³/mol. The van der Waals surface area contributed by atoms with Crippen molar-refractivity contribution >= 4 is 11.8 Å². The molecular formula is C18H20N4O2. The van der Waals surface area contributed by atoms with Crippen LogP contribution < -0.4 is 0 Å². The van der Waals surface area contributed by atoms with Crippen LogP contribution in [0.2, 0.25) is 0 Å². The highest BCUT2D eigenvalue weighted by atomic mass is 16.2. The predicted octanol–water partition coefficient (Wildman–Crippen LogP) is 2.23. The van der Waals surface area contributed by atoms with Crippen LogP contribution in [0.5, 0.6) is 0 Å². The van der Waals surface area contributed by atoms with Crippen molar-refractivity contribution in [2.75, 3.05) is 6.54 Å². The van der Waals surface area contributed by atoms with Gasteiger partial charge in [0.05, 0.1) is 11.1 Å². The molecule has 0 bridgehead atoms. The first-order valence-electron chi connectivity index (χ1n) is 8.62. The summed E-state index contributed by atoms with van der Waals surface area (Å²) in [6.45, 7) is 1.36. The number of benzene rings is 1. The Morgan fingerprint density at radius 1 is 1.00 bits per heavy atom. The summed E-state index contributed by atoms with van der Waals surface area (Å²) >= 11 is 0. The fourth-order valence-electron chi connectivity index (χ4n) is 3.45. The fraction of sp³-hybridized carbons (Fsp3) is 0.444. The van der Waals surface area contributed by atoms with Crippen LogP contribution in [0, 0.1) is 0 Å². The normalized spacial score (nSPS) is 16.9. The summed E-state index contributed by atoms with van der Waals surface area (Å²) in [5, 5.41) is 4.57. The van der Waals surface area contributed by atoms with Crippen LogP contribution in [-0.2, 0) is 19.4 Å². The van der Waals surface area contributed by atoms with Gasteiger partial charge in [-0.2, -0.15) is 5.10 Å². The van der Waals surface area contributed by atoms with E-state index in [1.165, 1.54) is 17.7 Å². The minimum atomic E-state index is -0.191. The molecule has 0 atom stereocenters. The number of hydrogen-bond donors (Lipinski definition) is 0. The second-order valence-corrected chi connectivity index (χ2v) is 6.39. The molecule has 2 aliphatic heterocycles. The summed E-state index contributed by atoms with van der Waals surface area (Å²) in [5.74, 6) is 1.51. The molecule has 0 aliphatic carbocycles. The lowest BCUT2D eigenvalue weighted by Gasteiger charge is -2.12. The maximum absolute atomic E-state index is 12.3. The van der Waals surface area contributed by atoms with Crippen LogP contribution in [0.3, 0.4) is 0 Å². The highest BCUT2D eigenvalue weighted by Gasteiger charge is 2.34. The van der Waals surface area contributed by atoms with Gasteiger partial charge in [0, 0.05) is 25.9 Å². The van der Waals surface area contributed by atoms with Gasteiger partial charge in [0.2, 0.25) is 0 Å². The average molecular weight is 324 g/mol. The van der Waals surface area contributed by atoms with Gasteiger partial charge in [0.1, 0.15) is 5.82 Å². The Labute approximate surface area is 140 Å². The number of carbonyl (C=O) groups excluding carboxylic acids is 2. The molecule has 0 radical (unpaired) electrons. The molecule has 2 aromatic rings. The van der Waals surface area contributed by atoms with Crippen LogP contribution in [-0.4, -0.2) is 38.0 Å². The third-order valence-corrected chi connectivity index (χ3v) is 4.72. The molecule has 0 saturated carbocycles. The summed E-state index contributed by atoms with van der Waals surface area (Å²) in [5.41, 5.74) is 1.02. The van der Waals surface area contributed by atoms with E-state index in [0.717, 1.165) is 31.0 Å². The second-order valence-electron chi connectivity index (χ2n) is 6.39. The van der Waals surface area contributed by atoms with E-state index in [-0.39, 0.29) is 11.8 Å². The van der Waals surface area contributed by atoms with Crippen molar-refractivity contribution in [1.29, 1.82) is 0 Å². The van der Waals surface area contributed by atoms with Crippen molar-refractivity contribution in [3.05, 3.63) is 47.0 Å². The molecule has 2 amide bonds. The molecular weight excluding hydrogens is 304 g/mol. The number of amides is 2. The molecule has 1 aromatic heterocycles. The SMILES string of the molecule is O=C1c2ccccc2C(=O)N1CCCc1nc2n(n1)CCCCC2. The molecule has 0 saturated heterocycles. The zero-order chi connectivity index (χ0) is 16.5. The smallest absolute Gasteiger partial charge is 0.261 e. The van der Waals surface area contributed by atoms with Gasteiger partial charge >= 0.3 is 0 Å². The Balaban J connectivity index is 1.38. The zero-order valence-corrected chi connectivity index (χ0v) is 13.6. The third kappa shape index (κ3) is 2.62. The van der Waals surface area contributed by atoms with Crippen molar-refractivity contribution < 1.29 is 9.59 Å². The van der Waals surface area contributed by atoms with E-state index in [4.69, 9.17) is 0 Å². The minimum absolute atomic E-state index is 0.191. The molecule has 0 fully saturated rings. The average Bonchev–Trinajstić information content (AvgIpc) is 2.99. The van der Waals surface area contributed by atoms with Crippen LogP contribution in [0.1, 0.15) is 58.0 Å². The fourth-order valence-corrected chi connectivity index (χ4v) is 3.45. The molecule has 1 aromatic carbocycles. The number of rotatable bonds is 4. The van der Waals surface area contributed by atoms with Crippen LogP contribution >= 0.6 is 0 Å². The van der Waals surface area contributed by atoms with Gasteiger partial charge in [-0.3, -0.25) is 14.5 Å². The lowest BCUT2D eigenvalue weighted by molar-refractivity contribution is 0.0652. The topological polar surface area (TPSA) is 68.1 Å². The first-order chi connectivity index (χ1) is 11.7. The zero-order valence-electron chi connectivity index (χ0n) is 13.6. The van der Waals surface area contributed by atoms with Crippen LogP contribution in [0.15, 0.2) is 24.3 Å². The summed E-state index contributed by atoms with van der Waals surface area (Å²) in [7, 11) is 0. The van der Waals surface area contributed by atoms with E-state index >= 15 is 0 Å². The van der Waals surface area contributed by atoms with Gasteiger partial charge in [0.25, 0.3) is 11.8 Å². The van der Waals surface area contributed by atoms with Gasteiger partial charge in [-0.15, -0.1) is 0 Å². The first kappa shape index (κ1) is 15.1. The molecule has 124 valence electrons. The lowest BCUT2D eigenvalue weighted by Crippen LogP contribution is -2.31. The van der Waals surface area contributed by atoms with E-state index in [2.05, 4.69) is 10.1 Å². The monoisotopic (exact) mass is 324 g/mol.